The van der Waals surface area contributed by atoms with Crippen molar-refractivity contribution in [3.8, 4) is 6.07 Å². The Morgan fingerprint density at radius 3 is 3.07 bits per heavy atom. The normalized spacial score (nSPS) is 12.4. The highest BCUT2D eigenvalue weighted by molar-refractivity contribution is 9.10. The Balaban J connectivity index is 2.51. The molecule has 3 nitrogen and oxygen atoms in total. The van der Waals surface area contributed by atoms with Gasteiger partial charge in [-0.25, -0.2) is 0 Å². The fourth-order valence-electron chi connectivity index (χ4n) is 0.995. The summed E-state index contributed by atoms with van der Waals surface area (Å²) in [5.74, 6) is 0. The zero-order chi connectivity index (χ0) is 10.4. The summed E-state index contributed by atoms with van der Waals surface area (Å²) in [6.07, 6.45) is 0. The van der Waals surface area contributed by atoms with Gasteiger partial charge in [-0.1, -0.05) is 0 Å². The van der Waals surface area contributed by atoms with E-state index in [0.717, 1.165) is 9.35 Å². The highest BCUT2D eigenvalue weighted by atomic mass is 79.9. The Morgan fingerprint density at radius 2 is 2.57 bits per heavy atom. The summed E-state index contributed by atoms with van der Waals surface area (Å²) in [5, 5.41) is 14.0. The van der Waals surface area contributed by atoms with Crippen molar-refractivity contribution in [3.05, 3.63) is 20.8 Å². The Hall–Kier alpha value is -0.410. The molecule has 0 fully saturated rings. The first-order chi connectivity index (χ1) is 6.77. The van der Waals surface area contributed by atoms with E-state index < -0.39 is 0 Å². The topological polar surface area (TPSA) is 45.0 Å². The van der Waals surface area contributed by atoms with Gasteiger partial charge in [0.1, 0.15) is 6.04 Å². The predicted octanol–water partition coefficient (Wildman–Crippen LogP) is 2.31. The van der Waals surface area contributed by atoms with Gasteiger partial charge >= 0.3 is 0 Å². The summed E-state index contributed by atoms with van der Waals surface area (Å²) >= 11 is 4.93. The summed E-state index contributed by atoms with van der Waals surface area (Å²) in [7, 11) is 1.64. The van der Waals surface area contributed by atoms with E-state index in [4.69, 9.17) is 10.00 Å². The highest BCUT2D eigenvalue weighted by Gasteiger charge is 2.11. The lowest BCUT2D eigenvalue weighted by molar-refractivity contribution is 0.198. The van der Waals surface area contributed by atoms with Gasteiger partial charge in [-0.3, -0.25) is 5.32 Å². The molecule has 0 aliphatic carbocycles. The second-order valence-electron chi connectivity index (χ2n) is 2.68. The lowest BCUT2D eigenvalue weighted by Crippen LogP contribution is -2.23. The van der Waals surface area contributed by atoms with Crippen LogP contribution in [0.2, 0.25) is 0 Å². The van der Waals surface area contributed by atoms with Crippen LogP contribution in [0.15, 0.2) is 15.9 Å². The molecule has 1 rings (SSSR count). The molecule has 1 atom stereocenters. The quantitative estimate of drug-likeness (QED) is 0.839. The van der Waals surface area contributed by atoms with E-state index in [-0.39, 0.29) is 6.04 Å². The number of nitrogens with zero attached hydrogens (tertiary/aromatic N) is 1. The second kappa shape index (κ2) is 6.14. The molecule has 0 amide bonds. The molecule has 0 saturated heterocycles. The smallest absolute Gasteiger partial charge is 0.130 e. The van der Waals surface area contributed by atoms with Gasteiger partial charge in [-0.05, 0) is 22.0 Å². The molecule has 0 aliphatic rings. The maximum atomic E-state index is 8.93. The van der Waals surface area contributed by atoms with Crippen molar-refractivity contribution in [2.45, 2.75) is 6.04 Å². The van der Waals surface area contributed by atoms with E-state index in [1.165, 1.54) is 0 Å². The molecule has 1 heterocycles. The number of hydrogen-bond acceptors (Lipinski definition) is 4. The van der Waals surface area contributed by atoms with Gasteiger partial charge in [0.05, 0.1) is 12.7 Å². The Morgan fingerprint density at radius 1 is 1.79 bits per heavy atom. The Bertz CT molecular complexity index is 321. The first-order valence-corrected chi connectivity index (χ1v) is 5.81. The third-order valence-corrected chi connectivity index (χ3v) is 3.41. The van der Waals surface area contributed by atoms with Crippen LogP contribution in [0.25, 0.3) is 0 Å². The molecule has 1 aromatic heterocycles. The molecule has 1 aromatic rings. The number of hydrogen-bond donors (Lipinski definition) is 1. The number of halogens is 1. The number of thiophene rings is 1. The van der Waals surface area contributed by atoms with E-state index in [0.29, 0.717) is 13.2 Å². The molecular formula is C9H11BrN2OS. The second-order valence-corrected chi connectivity index (χ2v) is 4.53. The van der Waals surface area contributed by atoms with Crippen LogP contribution in [0, 0.1) is 11.3 Å². The van der Waals surface area contributed by atoms with Crippen molar-refractivity contribution in [1.82, 2.24) is 5.32 Å². The summed E-state index contributed by atoms with van der Waals surface area (Å²) < 4.78 is 5.92. The van der Waals surface area contributed by atoms with Crippen LogP contribution in [0.5, 0.6) is 0 Å². The molecule has 14 heavy (non-hydrogen) atoms. The van der Waals surface area contributed by atoms with Crippen molar-refractivity contribution in [2.24, 2.45) is 0 Å². The standard InChI is InChI=1S/C9H11BrN2OS/c1-13-3-2-12-8(5-11)9-4-7(10)6-14-9/h4,6,8,12H,2-3H2,1H3. The third-order valence-electron chi connectivity index (χ3n) is 1.66. The molecule has 0 spiro atoms. The van der Waals surface area contributed by atoms with Gasteiger partial charge < -0.3 is 4.74 Å². The number of ether oxygens (including phenoxy) is 1. The zero-order valence-electron chi connectivity index (χ0n) is 7.79. The molecular weight excluding hydrogens is 264 g/mol. The molecule has 0 bridgehead atoms. The number of rotatable bonds is 5. The zero-order valence-corrected chi connectivity index (χ0v) is 10.2. The molecule has 0 saturated carbocycles. The lowest BCUT2D eigenvalue weighted by Gasteiger charge is -2.08. The van der Waals surface area contributed by atoms with Crippen molar-refractivity contribution in [1.29, 1.82) is 5.26 Å². The van der Waals surface area contributed by atoms with Gasteiger partial charge in [-0.15, -0.1) is 11.3 Å². The minimum atomic E-state index is -0.235. The van der Waals surface area contributed by atoms with Crippen molar-refractivity contribution in [2.75, 3.05) is 20.3 Å². The average molecular weight is 275 g/mol. The van der Waals surface area contributed by atoms with E-state index in [9.17, 15) is 0 Å². The van der Waals surface area contributed by atoms with Crippen LogP contribution in [-0.4, -0.2) is 20.3 Å². The van der Waals surface area contributed by atoms with Crippen LogP contribution >= 0.6 is 27.3 Å². The SMILES string of the molecule is COCCNC(C#N)c1cc(Br)cs1. The van der Waals surface area contributed by atoms with Gasteiger partial charge in [-0.2, -0.15) is 5.26 Å². The van der Waals surface area contributed by atoms with Crippen molar-refractivity contribution < 1.29 is 4.74 Å². The monoisotopic (exact) mass is 274 g/mol. The summed E-state index contributed by atoms with van der Waals surface area (Å²) in [5.41, 5.74) is 0. The van der Waals surface area contributed by atoms with E-state index in [1.54, 1.807) is 18.4 Å². The van der Waals surface area contributed by atoms with Crippen LogP contribution in [0.1, 0.15) is 10.9 Å². The maximum absolute atomic E-state index is 8.93. The fraction of sp³-hybridized carbons (Fsp3) is 0.444. The Labute approximate surface area is 95.8 Å². The third kappa shape index (κ3) is 3.39. The van der Waals surface area contributed by atoms with Crippen LogP contribution in [-0.2, 0) is 4.74 Å². The minimum Gasteiger partial charge on any atom is -0.383 e. The first-order valence-electron chi connectivity index (χ1n) is 4.13. The van der Waals surface area contributed by atoms with Crippen LogP contribution in [0.3, 0.4) is 0 Å². The van der Waals surface area contributed by atoms with Gasteiger partial charge in [0, 0.05) is 28.4 Å². The molecule has 0 aromatic carbocycles. The van der Waals surface area contributed by atoms with Crippen LogP contribution < -0.4 is 5.32 Å². The van der Waals surface area contributed by atoms with Gasteiger partial charge in [0.15, 0.2) is 0 Å². The number of nitriles is 1. The van der Waals surface area contributed by atoms with Crippen molar-refractivity contribution >= 4 is 27.3 Å². The fourth-order valence-corrected chi connectivity index (χ4v) is 2.46. The molecule has 76 valence electrons. The highest BCUT2D eigenvalue weighted by Crippen LogP contribution is 2.24. The van der Waals surface area contributed by atoms with Gasteiger partial charge in [0.25, 0.3) is 0 Å². The van der Waals surface area contributed by atoms with Crippen LogP contribution in [0.4, 0.5) is 0 Å². The lowest BCUT2D eigenvalue weighted by atomic mass is 10.2. The Kier molecular flexibility index (Phi) is 5.12. The van der Waals surface area contributed by atoms with E-state index >= 15 is 0 Å². The molecule has 0 radical (unpaired) electrons. The minimum absolute atomic E-state index is 0.235. The van der Waals surface area contributed by atoms with E-state index in [2.05, 4.69) is 27.3 Å². The largest absolute Gasteiger partial charge is 0.383 e. The first kappa shape index (κ1) is 11.7. The molecule has 5 heteroatoms. The molecule has 0 aliphatic heterocycles. The van der Waals surface area contributed by atoms with Gasteiger partial charge in [0.2, 0.25) is 0 Å². The van der Waals surface area contributed by atoms with Crippen molar-refractivity contribution in [3.63, 3.8) is 0 Å². The summed E-state index contributed by atoms with van der Waals surface area (Å²) in [6.45, 7) is 1.30. The number of methoxy groups -OCH3 is 1. The number of nitrogens with one attached hydrogen (secondary N) is 1. The van der Waals surface area contributed by atoms with E-state index in [1.807, 2.05) is 11.4 Å². The summed E-state index contributed by atoms with van der Waals surface area (Å²) in [4.78, 5) is 1.02. The maximum Gasteiger partial charge on any atom is 0.130 e. The average Bonchev–Trinajstić information content (AvgIpc) is 2.60. The molecule has 1 N–H and O–H groups in total. The summed E-state index contributed by atoms with van der Waals surface area (Å²) in [6, 6.07) is 3.94. The predicted molar refractivity (Wildman–Crippen MR) is 60.3 cm³/mol. The molecule has 1 unspecified atom stereocenters.